The van der Waals surface area contributed by atoms with Gasteiger partial charge in [-0.15, -0.1) is 0 Å². The van der Waals surface area contributed by atoms with Gasteiger partial charge in [0, 0.05) is 36.7 Å². The molecule has 2 heterocycles. The Bertz CT molecular complexity index is 640. The molecular weight excluding hydrogens is 306 g/mol. The van der Waals surface area contributed by atoms with Gasteiger partial charge < -0.3 is 19.1 Å². The van der Waals surface area contributed by atoms with E-state index in [0.29, 0.717) is 26.3 Å². The summed E-state index contributed by atoms with van der Waals surface area (Å²) in [5.74, 6) is 1.69. The molecule has 0 aliphatic carbocycles. The monoisotopic (exact) mass is 331 g/mol. The van der Waals surface area contributed by atoms with Gasteiger partial charge in [-0.25, -0.2) is 0 Å². The lowest BCUT2D eigenvalue weighted by Crippen LogP contribution is -2.43. The third-order valence-corrected chi connectivity index (χ3v) is 4.29. The average molecular weight is 331 g/mol. The van der Waals surface area contributed by atoms with Crippen LogP contribution in [0.2, 0.25) is 0 Å². The van der Waals surface area contributed by atoms with Gasteiger partial charge in [0.25, 0.3) is 0 Å². The smallest absolute Gasteiger partial charge is 0.246 e. The van der Waals surface area contributed by atoms with Crippen molar-refractivity contribution in [2.75, 3.05) is 26.3 Å². The SMILES string of the molecule is CCOc1cc2c(cc1/C=C/C(=O)N1CCOC(C)C1)OC(C)C2. The van der Waals surface area contributed by atoms with Gasteiger partial charge in [0.2, 0.25) is 5.91 Å². The van der Waals surface area contributed by atoms with E-state index >= 15 is 0 Å². The van der Waals surface area contributed by atoms with E-state index in [0.717, 1.165) is 29.0 Å². The first-order valence-corrected chi connectivity index (χ1v) is 8.61. The summed E-state index contributed by atoms with van der Waals surface area (Å²) in [7, 11) is 0. The average Bonchev–Trinajstić information content (AvgIpc) is 2.91. The van der Waals surface area contributed by atoms with Crippen molar-refractivity contribution < 1.29 is 19.0 Å². The second-order valence-corrected chi connectivity index (χ2v) is 6.36. The highest BCUT2D eigenvalue weighted by Gasteiger charge is 2.22. The Labute approximate surface area is 143 Å². The Morgan fingerprint density at radius 3 is 2.96 bits per heavy atom. The first-order valence-electron chi connectivity index (χ1n) is 8.61. The van der Waals surface area contributed by atoms with E-state index in [1.54, 1.807) is 6.08 Å². The molecular formula is C19H25NO4. The number of hydrogen-bond donors (Lipinski definition) is 0. The van der Waals surface area contributed by atoms with Crippen LogP contribution in [-0.2, 0) is 16.0 Å². The number of hydrogen-bond acceptors (Lipinski definition) is 4. The zero-order chi connectivity index (χ0) is 17.1. The second kappa shape index (κ2) is 7.26. The third-order valence-electron chi connectivity index (χ3n) is 4.29. The van der Waals surface area contributed by atoms with E-state index in [-0.39, 0.29) is 18.1 Å². The highest BCUT2D eigenvalue weighted by atomic mass is 16.5. The van der Waals surface area contributed by atoms with E-state index in [9.17, 15) is 4.79 Å². The van der Waals surface area contributed by atoms with Crippen molar-refractivity contribution >= 4 is 12.0 Å². The van der Waals surface area contributed by atoms with Crippen molar-refractivity contribution in [2.45, 2.75) is 39.4 Å². The molecule has 2 aliphatic rings. The fourth-order valence-corrected chi connectivity index (χ4v) is 3.15. The van der Waals surface area contributed by atoms with Gasteiger partial charge in [-0.2, -0.15) is 0 Å². The Kier molecular flexibility index (Phi) is 5.09. The summed E-state index contributed by atoms with van der Waals surface area (Å²) in [5, 5.41) is 0. The molecule has 0 aromatic heterocycles. The lowest BCUT2D eigenvalue weighted by Gasteiger charge is -2.30. The maximum atomic E-state index is 12.4. The van der Waals surface area contributed by atoms with Crippen LogP contribution in [0, 0.1) is 0 Å². The fraction of sp³-hybridized carbons (Fsp3) is 0.526. The lowest BCUT2D eigenvalue weighted by atomic mass is 10.1. The van der Waals surface area contributed by atoms with Crippen LogP contribution in [0.25, 0.3) is 6.08 Å². The summed E-state index contributed by atoms with van der Waals surface area (Å²) in [4.78, 5) is 14.2. The van der Waals surface area contributed by atoms with Crippen molar-refractivity contribution in [2.24, 2.45) is 0 Å². The van der Waals surface area contributed by atoms with Crippen molar-refractivity contribution in [3.63, 3.8) is 0 Å². The maximum Gasteiger partial charge on any atom is 0.246 e. The molecule has 5 heteroatoms. The van der Waals surface area contributed by atoms with Crippen LogP contribution in [-0.4, -0.2) is 49.3 Å². The van der Waals surface area contributed by atoms with Gasteiger partial charge in [0.05, 0.1) is 19.3 Å². The van der Waals surface area contributed by atoms with Crippen LogP contribution < -0.4 is 9.47 Å². The number of carbonyl (C=O) groups is 1. The zero-order valence-corrected chi connectivity index (χ0v) is 14.6. The van der Waals surface area contributed by atoms with Crippen molar-refractivity contribution in [1.29, 1.82) is 0 Å². The maximum absolute atomic E-state index is 12.4. The van der Waals surface area contributed by atoms with Gasteiger partial charge in [-0.1, -0.05) is 0 Å². The number of amides is 1. The van der Waals surface area contributed by atoms with Crippen LogP contribution in [0.5, 0.6) is 11.5 Å². The molecule has 1 aromatic rings. The normalized spacial score (nSPS) is 23.2. The molecule has 5 nitrogen and oxygen atoms in total. The largest absolute Gasteiger partial charge is 0.493 e. The van der Waals surface area contributed by atoms with Crippen LogP contribution in [0.1, 0.15) is 31.9 Å². The Morgan fingerprint density at radius 2 is 2.21 bits per heavy atom. The molecule has 1 saturated heterocycles. The molecule has 1 amide bonds. The van der Waals surface area contributed by atoms with Crippen LogP contribution in [0.3, 0.4) is 0 Å². The van der Waals surface area contributed by atoms with Gasteiger partial charge in [0.15, 0.2) is 0 Å². The topological polar surface area (TPSA) is 48.0 Å². The fourth-order valence-electron chi connectivity index (χ4n) is 3.15. The lowest BCUT2D eigenvalue weighted by molar-refractivity contribution is -0.132. The first kappa shape index (κ1) is 16.8. The third kappa shape index (κ3) is 3.73. The molecule has 2 unspecified atom stereocenters. The summed E-state index contributed by atoms with van der Waals surface area (Å²) in [5.41, 5.74) is 2.04. The van der Waals surface area contributed by atoms with Crippen molar-refractivity contribution in [1.82, 2.24) is 4.90 Å². The van der Waals surface area contributed by atoms with Crippen LogP contribution in [0.4, 0.5) is 0 Å². The van der Waals surface area contributed by atoms with Gasteiger partial charge >= 0.3 is 0 Å². The molecule has 0 spiro atoms. The molecule has 1 fully saturated rings. The highest BCUT2D eigenvalue weighted by Crippen LogP contribution is 2.35. The Balaban J connectivity index is 1.78. The number of benzene rings is 1. The van der Waals surface area contributed by atoms with E-state index in [1.807, 2.05) is 37.0 Å². The molecule has 130 valence electrons. The number of rotatable bonds is 4. The highest BCUT2D eigenvalue weighted by molar-refractivity contribution is 5.92. The van der Waals surface area contributed by atoms with Crippen LogP contribution in [0.15, 0.2) is 18.2 Å². The van der Waals surface area contributed by atoms with Gasteiger partial charge in [0.1, 0.15) is 17.6 Å². The molecule has 2 atom stereocenters. The Hall–Kier alpha value is -2.01. The van der Waals surface area contributed by atoms with E-state index in [2.05, 4.69) is 6.92 Å². The summed E-state index contributed by atoms with van der Waals surface area (Å²) in [6.07, 6.45) is 4.60. The molecule has 0 saturated carbocycles. The molecule has 0 radical (unpaired) electrons. The molecule has 24 heavy (non-hydrogen) atoms. The second-order valence-electron chi connectivity index (χ2n) is 6.36. The number of fused-ring (bicyclic) bond motifs is 1. The van der Waals surface area contributed by atoms with Crippen molar-refractivity contribution in [3.05, 3.63) is 29.3 Å². The van der Waals surface area contributed by atoms with Crippen molar-refractivity contribution in [3.8, 4) is 11.5 Å². The number of nitrogens with zero attached hydrogens (tertiary/aromatic N) is 1. The quantitative estimate of drug-likeness (QED) is 0.796. The van der Waals surface area contributed by atoms with Crippen LogP contribution >= 0.6 is 0 Å². The first-order chi connectivity index (χ1) is 11.6. The molecule has 3 rings (SSSR count). The number of carbonyl (C=O) groups excluding carboxylic acids is 1. The molecule has 0 bridgehead atoms. The molecule has 2 aliphatic heterocycles. The Morgan fingerprint density at radius 1 is 1.38 bits per heavy atom. The standard InChI is InChI=1S/C19H25NO4/c1-4-22-17-11-16-9-13(2)24-18(16)10-15(17)5-6-19(21)20-7-8-23-14(3)12-20/h5-6,10-11,13-14H,4,7-9,12H2,1-3H3/b6-5+. The minimum Gasteiger partial charge on any atom is -0.493 e. The van der Waals surface area contributed by atoms with E-state index in [1.165, 1.54) is 0 Å². The minimum atomic E-state index is 0.00221. The minimum absolute atomic E-state index is 0.00221. The summed E-state index contributed by atoms with van der Waals surface area (Å²) >= 11 is 0. The zero-order valence-electron chi connectivity index (χ0n) is 14.6. The van der Waals surface area contributed by atoms with E-state index in [4.69, 9.17) is 14.2 Å². The van der Waals surface area contributed by atoms with Gasteiger partial charge in [-0.05, 0) is 39.0 Å². The van der Waals surface area contributed by atoms with Gasteiger partial charge in [-0.3, -0.25) is 4.79 Å². The molecule has 1 aromatic carbocycles. The predicted octanol–water partition coefficient (Wildman–Crippen LogP) is 2.67. The predicted molar refractivity (Wildman–Crippen MR) is 92.4 cm³/mol. The summed E-state index contributed by atoms with van der Waals surface area (Å²) in [6, 6.07) is 4.00. The summed E-state index contributed by atoms with van der Waals surface area (Å²) in [6.45, 7) is 8.44. The number of morpholine rings is 1. The molecule has 0 N–H and O–H groups in total. The summed E-state index contributed by atoms with van der Waals surface area (Å²) < 4.78 is 17.0. The number of ether oxygens (including phenoxy) is 3. The van der Waals surface area contributed by atoms with E-state index < -0.39 is 0 Å².